The van der Waals surface area contributed by atoms with Crippen molar-refractivity contribution >= 4 is 19.2 Å². The van der Waals surface area contributed by atoms with Gasteiger partial charge in [0, 0.05) is 32.7 Å². The van der Waals surface area contributed by atoms with Crippen molar-refractivity contribution in [3.8, 4) is 0 Å². The number of carbonyl (C=O) groups excluding carboxylic acids is 1. The predicted octanol–water partition coefficient (Wildman–Crippen LogP) is 1.21. The Morgan fingerprint density at radius 1 is 1.36 bits per heavy atom. The van der Waals surface area contributed by atoms with E-state index >= 15 is 0 Å². The van der Waals surface area contributed by atoms with Gasteiger partial charge in [-0.25, -0.2) is 0 Å². The van der Waals surface area contributed by atoms with Gasteiger partial charge in [0.15, 0.2) is 0 Å². The van der Waals surface area contributed by atoms with Gasteiger partial charge < -0.3 is 10.1 Å². The van der Waals surface area contributed by atoms with E-state index in [1.807, 2.05) is 18.2 Å². The standard InChI is InChI=1S/C7H6NO.CH3BNO.Y/c9-6-8-7-4-2-1-3-5-7;3-1-2-4;/h1-5H,(H,8,9);3H,1H2;/q2*-1;. The number of rotatable bonds is 3. The van der Waals surface area contributed by atoms with Crippen LogP contribution in [0.3, 0.4) is 0 Å². The normalized spacial score (nSPS) is 6.93. The molecule has 0 aliphatic rings. The molecule has 2 N–H and O–H groups in total. The number of para-hydroxylation sites is 1. The first kappa shape index (κ1) is 16.1. The Balaban J connectivity index is 0. The summed E-state index contributed by atoms with van der Waals surface area (Å²) < 4.78 is 8.99. The molecule has 0 aliphatic carbocycles. The maximum atomic E-state index is 9.74. The second-order valence-corrected chi connectivity index (χ2v) is 1.96. The van der Waals surface area contributed by atoms with Crippen molar-refractivity contribution in [1.29, 1.82) is 0 Å². The van der Waals surface area contributed by atoms with Gasteiger partial charge in [-0.1, -0.05) is 18.2 Å². The van der Waals surface area contributed by atoms with Crippen LogP contribution in [-0.4, -0.2) is 20.0 Å². The number of benzene rings is 1. The van der Waals surface area contributed by atoms with Gasteiger partial charge in [0.1, 0.15) is 0 Å². The molecule has 0 unspecified atom stereocenters. The maximum Gasteiger partial charge on any atom is 0 e. The van der Waals surface area contributed by atoms with Gasteiger partial charge in [0.2, 0.25) is 0 Å². The number of amides is 1. The molecule has 1 aromatic rings. The van der Waals surface area contributed by atoms with Crippen LogP contribution in [-0.2, 0) is 42.2 Å². The third-order valence-electron chi connectivity index (χ3n) is 1.05. The smallest absolute Gasteiger partial charge is 0 e. The number of hydrogen-bond acceptors (Lipinski definition) is 2. The first-order valence-electron chi connectivity index (χ1n) is 3.61. The Hall–Kier alpha value is -0.381. The molecule has 0 fully saturated rings. The Labute approximate surface area is 109 Å². The number of hydrogen-bond donors (Lipinski definition) is 1. The molecule has 0 bridgehead atoms. The van der Waals surface area contributed by atoms with Gasteiger partial charge in [-0.15, -0.1) is 17.8 Å². The third kappa shape index (κ3) is 9.70. The molecule has 6 heteroatoms. The van der Waals surface area contributed by atoms with E-state index in [4.69, 9.17) is 10.4 Å². The topological polar surface area (TPSA) is 70.0 Å². The van der Waals surface area contributed by atoms with Gasteiger partial charge >= 0.3 is 24.0 Å². The second-order valence-electron chi connectivity index (χ2n) is 1.96. The van der Waals surface area contributed by atoms with E-state index in [-0.39, 0.29) is 39.2 Å². The van der Waals surface area contributed by atoms with Gasteiger partial charge in [-0.3, -0.25) is 0 Å². The first-order valence-corrected chi connectivity index (χ1v) is 3.61. The number of anilines is 1. The molecule has 4 nitrogen and oxygen atoms in total. The van der Waals surface area contributed by atoms with E-state index in [1.165, 1.54) is 0 Å². The average molecular weight is 265 g/mol. The fourth-order valence-corrected chi connectivity index (χ4v) is 0.580. The molecular weight excluding hydrogens is 256 g/mol. The fourth-order valence-electron chi connectivity index (χ4n) is 0.580. The summed E-state index contributed by atoms with van der Waals surface area (Å²) in [5.41, 5.74) is 6.85. The van der Waals surface area contributed by atoms with Gasteiger partial charge in [0.05, 0.1) is 6.41 Å². The molecule has 1 rings (SSSR count). The maximum absolute atomic E-state index is 9.74. The minimum atomic E-state index is -0.111. The molecular formula is C8H9BN2O2Y-2. The molecule has 1 aromatic carbocycles. The third-order valence-corrected chi connectivity index (χ3v) is 1.05. The van der Waals surface area contributed by atoms with Crippen molar-refractivity contribution in [2.45, 2.75) is 0 Å². The molecule has 0 atom stereocenters. The molecule has 71 valence electrons. The average Bonchev–Trinajstić information content (AvgIpc) is 2.20. The summed E-state index contributed by atoms with van der Waals surface area (Å²) in [5.74, 6) is 0. The van der Waals surface area contributed by atoms with E-state index in [9.17, 15) is 4.79 Å². The van der Waals surface area contributed by atoms with E-state index in [0.717, 1.165) is 5.69 Å². The zero-order valence-electron chi connectivity index (χ0n) is 7.57. The Morgan fingerprint density at radius 2 is 1.86 bits per heavy atom. The fraction of sp³-hybridized carbons (Fsp3) is 0.125. The minimum Gasteiger partial charge on any atom is 0 e. The van der Waals surface area contributed by atoms with Crippen molar-refractivity contribution in [1.82, 2.24) is 0 Å². The molecule has 0 aromatic heterocycles. The van der Waals surface area contributed by atoms with Crippen molar-refractivity contribution < 1.29 is 42.2 Å². The van der Waals surface area contributed by atoms with Crippen LogP contribution >= 0.6 is 0 Å². The van der Waals surface area contributed by atoms with Crippen LogP contribution in [0, 0.1) is 0 Å². The van der Waals surface area contributed by atoms with Gasteiger partial charge in [-0.05, 0) is 0 Å². The monoisotopic (exact) mass is 265 g/mol. The molecule has 0 heterocycles. The summed E-state index contributed by atoms with van der Waals surface area (Å²) in [7, 11) is 0.542. The number of nitrogens with one attached hydrogen (secondary N) is 2. The molecule has 14 heavy (non-hydrogen) atoms. The molecule has 1 radical (unpaired) electrons. The zero-order valence-corrected chi connectivity index (χ0v) is 10.4. The van der Waals surface area contributed by atoms with Crippen molar-refractivity contribution in [3.05, 3.63) is 36.1 Å². The Morgan fingerprint density at radius 3 is 2.21 bits per heavy atom. The Kier molecular flexibility index (Phi) is 14.5. The Bertz CT molecular complexity index is 246. The summed E-state index contributed by atoms with van der Waals surface area (Å²) in [6.07, 6.45) is 1.47. The first-order chi connectivity index (χ1) is 6.35. The van der Waals surface area contributed by atoms with Crippen LogP contribution in [0.2, 0.25) is 0 Å². The summed E-state index contributed by atoms with van der Waals surface area (Å²) in [5, 5.41) is 2.40. The zero-order chi connectivity index (χ0) is 9.94. The molecule has 1 amide bonds. The largest absolute Gasteiger partial charge is 0 e. The summed E-state index contributed by atoms with van der Waals surface area (Å²) in [6.45, 7) is 0. The quantitative estimate of drug-likeness (QED) is 0.507. The van der Waals surface area contributed by atoms with Gasteiger partial charge in [0.25, 0.3) is 0 Å². The summed E-state index contributed by atoms with van der Waals surface area (Å²) >= 11 is 0. The predicted molar refractivity (Wildman–Crippen MR) is 51.4 cm³/mol. The van der Waals surface area contributed by atoms with E-state index in [2.05, 4.69) is 5.32 Å². The summed E-state index contributed by atoms with van der Waals surface area (Å²) in [4.78, 5) is 9.74. The molecule has 0 aliphatic heterocycles. The van der Waals surface area contributed by atoms with E-state index < -0.39 is 0 Å². The van der Waals surface area contributed by atoms with Crippen LogP contribution in [0.15, 0.2) is 30.3 Å². The van der Waals surface area contributed by atoms with Crippen LogP contribution in [0.5, 0.6) is 0 Å². The van der Waals surface area contributed by atoms with Crippen LogP contribution in [0.4, 0.5) is 5.69 Å². The van der Waals surface area contributed by atoms with Crippen LogP contribution in [0.25, 0.3) is 5.73 Å². The van der Waals surface area contributed by atoms with E-state index in [0.29, 0.717) is 7.15 Å². The van der Waals surface area contributed by atoms with Crippen molar-refractivity contribution in [3.63, 3.8) is 0 Å². The molecule has 0 saturated carbocycles. The minimum absolute atomic E-state index is 0. The van der Waals surface area contributed by atoms with Crippen LogP contribution < -0.4 is 5.32 Å². The summed E-state index contributed by atoms with van der Waals surface area (Å²) in [6, 6.07) is 9.17. The van der Waals surface area contributed by atoms with Crippen molar-refractivity contribution in [2.75, 3.05) is 11.8 Å². The van der Waals surface area contributed by atoms with E-state index in [1.54, 1.807) is 18.5 Å². The van der Waals surface area contributed by atoms with Crippen LogP contribution in [0.1, 0.15) is 0 Å². The second kappa shape index (κ2) is 12.6. The molecule has 0 spiro atoms. The van der Waals surface area contributed by atoms with Crippen molar-refractivity contribution in [2.24, 2.45) is 0 Å². The van der Waals surface area contributed by atoms with Gasteiger partial charge in [-0.2, -0.15) is 0 Å². The SMILES string of the molecule is O=[C-]Nc1ccccc1.[NH-]CB=O.[Y]. The molecule has 0 saturated heterocycles.